The molecule has 8 nitrogen and oxygen atoms in total. The van der Waals surface area contributed by atoms with Crippen LogP contribution < -0.4 is 5.32 Å². The lowest BCUT2D eigenvalue weighted by molar-refractivity contribution is -0.137. The Labute approximate surface area is 194 Å². The maximum absolute atomic E-state index is 12.6. The van der Waals surface area contributed by atoms with Gasteiger partial charge in [-0.2, -0.15) is 0 Å². The van der Waals surface area contributed by atoms with E-state index in [1.165, 1.54) is 11.9 Å². The molecule has 0 saturated carbocycles. The van der Waals surface area contributed by atoms with E-state index in [-0.39, 0.29) is 36.5 Å². The van der Waals surface area contributed by atoms with E-state index in [9.17, 15) is 14.4 Å². The fourth-order valence-corrected chi connectivity index (χ4v) is 4.86. The van der Waals surface area contributed by atoms with Crippen molar-refractivity contribution in [2.45, 2.75) is 19.3 Å². The smallest absolute Gasteiger partial charge is 0.413 e. The average Bonchev–Trinajstić information content (AvgIpc) is 3.32. The monoisotopic (exact) mass is 465 g/mol. The van der Waals surface area contributed by atoms with Crippen molar-refractivity contribution in [3.8, 4) is 11.1 Å². The molecule has 0 aliphatic heterocycles. The van der Waals surface area contributed by atoms with E-state index in [4.69, 9.17) is 9.84 Å². The number of nitrogens with zero attached hydrogens (tertiary/aromatic N) is 2. The van der Waals surface area contributed by atoms with Crippen molar-refractivity contribution in [1.29, 1.82) is 0 Å². The Hall–Kier alpha value is -3.72. The summed E-state index contributed by atoms with van der Waals surface area (Å²) in [6, 6.07) is 16.2. The number of aryl methyl sites for hydroxylation is 1. The van der Waals surface area contributed by atoms with Crippen LogP contribution in [-0.4, -0.2) is 53.2 Å². The number of amides is 2. The molecule has 0 spiro atoms. The molecule has 0 fully saturated rings. The molecule has 9 heteroatoms. The summed E-state index contributed by atoms with van der Waals surface area (Å²) in [5.74, 6) is -1.37. The predicted molar refractivity (Wildman–Crippen MR) is 125 cm³/mol. The SMILES string of the molecule is Cc1nc(NC(=O)OCC2c3ccccc3-c3ccccc32)sc1C(=O)N(C)CCC(=O)O. The van der Waals surface area contributed by atoms with Crippen molar-refractivity contribution in [3.05, 3.63) is 70.2 Å². The van der Waals surface area contributed by atoms with Crippen molar-refractivity contribution < 1.29 is 24.2 Å². The van der Waals surface area contributed by atoms with Crippen molar-refractivity contribution >= 4 is 34.4 Å². The molecule has 1 aromatic heterocycles. The van der Waals surface area contributed by atoms with Gasteiger partial charge in [0.15, 0.2) is 5.13 Å². The first-order valence-corrected chi connectivity index (χ1v) is 11.2. The molecule has 0 radical (unpaired) electrons. The summed E-state index contributed by atoms with van der Waals surface area (Å²) >= 11 is 1.03. The fraction of sp³-hybridized carbons (Fsp3) is 0.250. The standard InChI is InChI=1S/C24H23N3O5S/c1-14-21(22(30)27(2)12-11-20(28)29)33-23(25-14)26-24(31)32-13-19-17-9-5-3-7-15(17)16-8-4-6-10-18(16)19/h3-10,19H,11-13H2,1-2H3,(H,28,29)(H,25,26,31). The molecule has 33 heavy (non-hydrogen) atoms. The van der Waals surface area contributed by atoms with Gasteiger partial charge >= 0.3 is 12.1 Å². The number of carboxylic acid groups (broad SMARTS) is 1. The van der Waals surface area contributed by atoms with Gasteiger partial charge in [0.1, 0.15) is 11.5 Å². The van der Waals surface area contributed by atoms with Gasteiger partial charge in [-0.3, -0.25) is 14.9 Å². The van der Waals surface area contributed by atoms with Crippen molar-refractivity contribution in [1.82, 2.24) is 9.88 Å². The van der Waals surface area contributed by atoms with Gasteiger partial charge in [0.05, 0.1) is 12.1 Å². The van der Waals surface area contributed by atoms with E-state index in [1.54, 1.807) is 6.92 Å². The summed E-state index contributed by atoms with van der Waals surface area (Å²) in [5.41, 5.74) is 4.99. The second-order valence-corrected chi connectivity index (χ2v) is 8.75. The number of anilines is 1. The Morgan fingerprint density at radius 3 is 2.30 bits per heavy atom. The Bertz CT molecular complexity index is 1180. The Kier molecular flexibility index (Phi) is 6.41. The van der Waals surface area contributed by atoms with Gasteiger partial charge < -0.3 is 14.7 Å². The Morgan fingerprint density at radius 2 is 1.70 bits per heavy atom. The van der Waals surface area contributed by atoms with Crippen LogP contribution in [-0.2, 0) is 9.53 Å². The van der Waals surface area contributed by atoms with Crippen LogP contribution in [0.5, 0.6) is 0 Å². The molecule has 4 rings (SSSR count). The van der Waals surface area contributed by atoms with Crippen molar-refractivity contribution in [3.63, 3.8) is 0 Å². The van der Waals surface area contributed by atoms with Crippen LogP contribution in [0, 0.1) is 6.92 Å². The highest BCUT2D eigenvalue weighted by Gasteiger charge is 2.29. The number of hydrogen-bond donors (Lipinski definition) is 2. The normalized spacial score (nSPS) is 12.1. The molecule has 1 heterocycles. The number of fused-ring (bicyclic) bond motifs is 3. The number of rotatable bonds is 7. The summed E-state index contributed by atoms with van der Waals surface area (Å²) in [6.45, 7) is 1.92. The molecule has 3 aromatic rings. The summed E-state index contributed by atoms with van der Waals surface area (Å²) in [7, 11) is 1.53. The van der Waals surface area contributed by atoms with Gasteiger partial charge in [0.25, 0.3) is 5.91 Å². The predicted octanol–water partition coefficient (Wildman–Crippen LogP) is 4.36. The van der Waals surface area contributed by atoms with Crippen LogP contribution in [0.4, 0.5) is 9.93 Å². The van der Waals surface area contributed by atoms with Crippen LogP contribution >= 0.6 is 11.3 Å². The summed E-state index contributed by atoms with van der Waals surface area (Å²) in [4.78, 5) is 41.7. The molecule has 1 aliphatic carbocycles. The molecule has 1 aliphatic rings. The molecule has 0 atom stereocenters. The number of benzene rings is 2. The molecule has 0 unspecified atom stereocenters. The number of hydrogen-bond acceptors (Lipinski definition) is 6. The first-order valence-electron chi connectivity index (χ1n) is 10.4. The minimum absolute atomic E-state index is 0.0544. The highest BCUT2D eigenvalue weighted by molar-refractivity contribution is 7.17. The summed E-state index contributed by atoms with van der Waals surface area (Å²) < 4.78 is 5.52. The topological polar surface area (TPSA) is 109 Å². The molecular weight excluding hydrogens is 442 g/mol. The maximum atomic E-state index is 12.6. The van der Waals surface area contributed by atoms with E-state index in [2.05, 4.69) is 22.4 Å². The highest BCUT2D eigenvalue weighted by atomic mass is 32.1. The van der Waals surface area contributed by atoms with Crippen LogP contribution in [0.1, 0.15) is 38.8 Å². The molecule has 2 aromatic carbocycles. The summed E-state index contributed by atoms with van der Waals surface area (Å²) in [6.07, 6.45) is -0.797. The number of carbonyl (C=O) groups excluding carboxylic acids is 2. The van der Waals surface area contributed by atoms with Crippen molar-refractivity contribution in [2.75, 3.05) is 25.5 Å². The minimum atomic E-state index is -0.978. The number of thiazole rings is 1. The zero-order valence-corrected chi connectivity index (χ0v) is 19.0. The minimum Gasteiger partial charge on any atom is -0.481 e. The van der Waals surface area contributed by atoms with Crippen molar-refractivity contribution in [2.24, 2.45) is 0 Å². The van der Waals surface area contributed by atoms with Gasteiger partial charge in [-0.05, 0) is 29.2 Å². The first kappa shape index (κ1) is 22.5. The number of carbonyl (C=O) groups is 3. The van der Waals surface area contributed by atoms with E-state index in [0.29, 0.717) is 10.6 Å². The fourth-order valence-electron chi connectivity index (χ4n) is 3.91. The van der Waals surface area contributed by atoms with E-state index in [1.807, 2.05) is 36.4 Å². The third-order valence-electron chi connectivity index (χ3n) is 5.55. The van der Waals surface area contributed by atoms with Gasteiger partial charge in [0, 0.05) is 19.5 Å². The Morgan fingerprint density at radius 1 is 1.09 bits per heavy atom. The van der Waals surface area contributed by atoms with Gasteiger partial charge in [0.2, 0.25) is 0 Å². The summed E-state index contributed by atoms with van der Waals surface area (Å²) in [5, 5.41) is 11.7. The lowest BCUT2D eigenvalue weighted by Crippen LogP contribution is -2.28. The zero-order chi connectivity index (χ0) is 23.5. The van der Waals surface area contributed by atoms with Gasteiger partial charge in [-0.1, -0.05) is 59.9 Å². The van der Waals surface area contributed by atoms with E-state index < -0.39 is 12.1 Å². The number of nitrogens with one attached hydrogen (secondary N) is 1. The van der Waals surface area contributed by atoms with Gasteiger partial charge in [-0.15, -0.1) is 0 Å². The lowest BCUT2D eigenvalue weighted by Gasteiger charge is -2.15. The number of carboxylic acids is 1. The average molecular weight is 466 g/mol. The molecule has 0 bridgehead atoms. The molecule has 0 saturated heterocycles. The van der Waals surface area contributed by atoms with Crippen LogP contribution in [0.15, 0.2) is 48.5 Å². The molecular formula is C24H23N3O5S. The maximum Gasteiger partial charge on any atom is 0.413 e. The Balaban J connectivity index is 1.40. The first-order chi connectivity index (χ1) is 15.8. The second kappa shape index (κ2) is 9.41. The van der Waals surface area contributed by atoms with Crippen LogP contribution in [0.25, 0.3) is 11.1 Å². The van der Waals surface area contributed by atoms with Crippen LogP contribution in [0.3, 0.4) is 0 Å². The zero-order valence-electron chi connectivity index (χ0n) is 18.2. The van der Waals surface area contributed by atoms with E-state index in [0.717, 1.165) is 33.6 Å². The van der Waals surface area contributed by atoms with Crippen LogP contribution in [0.2, 0.25) is 0 Å². The third kappa shape index (κ3) is 4.73. The number of aromatic nitrogens is 1. The van der Waals surface area contributed by atoms with Gasteiger partial charge in [-0.25, -0.2) is 9.78 Å². The largest absolute Gasteiger partial charge is 0.481 e. The quantitative estimate of drug-likeness (QED) is 0.537. The third-order valence-corrected chi connectivity index (χ3v) is 6.61. The highest BCUT2D eigenvalue weighted by Crippen LogP contribution is 2.44. The second-order valence-electron chi connectivity index (χ2n) is 7.75. The number of aliphatic carboxylic acids is 1. The molecule has 2 amide bonds. The number of ether oxygens (including phenoxy) is 1. The molecule has 2 N–H and O–H groups in total. The van der Waals surface area contributed by atoms with E-state index >= 15 is 0 Å². The molecule has 170 valence electrons. The lowest BCUT2D eigenvalue weighted by atomic mass is 9.98.